The molecule has 1 heterocycles. The summed E-state index contributed by atoms with van der Waals surface area (Å²) in [6.07, 6.45) is 1.27. The van der Waals surface area contributed by atoms with Crippen molar-refractivity contribution in [2.75, 3.05) is 20.1 Å². The second-order valence-electron chi connectivity index (χ2n) is 6.84. The Morgan fingerprint density at radius 3 is 2.58 bits per heavy atom. The van der Waals surface area contributed by atoms with E-state index in [4.69, 9.17) is 0 Å². The Labute approximate surface area is 118 Å². The summed E-state index contributed by atoms with van der Waals surface area (Å²) in [4.78, 5) is 0. The summed E-state index contributed by atoms with van der Waals surface area (Å²) in [5, 5.41) is 7.02. The van der Waals surface area contributed by atoms with Gasteiger partial charge in [0.05, 0.1) is 0 Å². The van der Waals surface area contributed by atoms with Gasteiger partial charge in [0.1, 0.15) is 0 Å². The SMILES string of the molecule is CNC(c1cc(C(C)(C)C)ccc1C)C1CCNC1. The van der Waals surface area contributed by atoms with Crippen LogP contribution < -0.4 is 10.6 Å². The van der Waals surface area contributed by atoms with E-state index in [1.54, 1.807) is 0 Å². The Morgan fingerprint density at radius 1 is 1.32 bits per heavy atom. The van der Waals surface area contributed by atoms with Gasteiger partial charge in [-0.2, -0.15) is 0 Å². The van der Waals surface area contributed by atoms with Crippen LogP contribution in [0.5, 0.6) is 0 Å². The topological polar surface area (TPSA) is 24.1 Å². The quantitative estimate of drug-likeness (QED) is 0.872. The van der Waals surface area contributed by atoms with E-state index in [0.717, 1.165) is 13.1 Å². The van der Waals surface area contributed by atoms with E-state index in [9.17, 15) is 0 Å². The molecule has 0 aromatic heterocycles. The number of hydrogen-bond acceptors (Lipinski definition) is 2. The highest BCUT2D eigenvalue weighted by Gasteiger charge is 2.27. The fourth-order valence-corrected chi connectivity index (χ4v) is 3.05. The Hall–Kier alpha value is -0.860. The molecule has 0 amide bonds. The van der Waals surface area contributed by atoms with Gasteiger partial charge >= 0.3 is 0 Å². The smallest absolute Gasteiger partial charge is 0.0361 e. The van der Waals surface area contributed by atoms with Crippen molar-refractivity contribution >= 4 is 0 Å². The minimum absolute atomic E-state index is 0.217. The molecule has 0 bridgehead atoms. The molecular weight excluding hydrogens is 232 g/mol. The zero-order valence-electron chi connectivity index (χ0n) is 13.0. The summed E-state index contributed by atoms with van der Waals surface area (Å²) in [6, 6.07) is 7.44. The van der Waals surface area contributed by atoms with Crippen molar-refractivity contribution in [1.82, 2.24) is 10.6 Å². The van der Waals surface area contributed by atoms with E-state index in [-0.39, 0.29) is 5.41 Å². The molecule has 1 saturated heterocycles. The van der Waals surface area contributed by atoms with Crippen molar-refractivity contribution in [1.29, 1.82) is 0 Å². The van der Waals surface area contributed by atoms with Gasteiger partial charge in [0, 0.05) is 6.04 Å². The molecule has 2 N–H and O–H groups in total. The molecule has 1 fully saturated rings. The second kappa shape index (κ2) is 5.64. The van der Waals surface area contributed by atoms with Crippen LogP contribution in [0.4, 0.5) is 0 Å². The summed E-state index contributed by atoms with van der Waals surface area (Å²) in [5.74, 6) is 0.707. The minimum atomic E-state index is 0.217. The fraction of sp³-hybridized carbons (Fsp3) is 0.647. The molecule has 2 unspecified atom stereocenters. The predicted octanol–water partition coefficient (Wildman–Crippen LogP) is 3.16. The third-order valence-electron chi connectivity index (χ3n) is 4.36. The van der Waals surface area contributed by atoms with Gasteiger partial charge in [0.25, 0.3) is 0 Å². The van der Waals surface area contributed by atoms with Crippen LogP contribution in [-0.2, 0) is 5.41 Å². The fourth-order valence-electron chi connectivity index (χ4n) is 3.05. The molecular formula is C17H28N2. The van der Waals surface area contributed by atoms with Crippen molar-refractivity contribution in [3.05, 3.63) is 34.9 Å². The lowest BCUT2D eigenvalue weighted by molar-refractivity contribution is 0.408. The van der Waals surface area contributed by atoms with Crippen LogP contribution in [0.2, 0.25) is 0 Å². The highest BCUT2D eigenvalue weighted by molar-refractivity contribution is 5.37. The number of aryl methyl sites for hydroxylation is 1. The standard InChI is InChI=1S/C17H28N2/c1-12-6-7-14(17(2,3)4)10-15(12)16(18-5)13-8-9-19-11-13/h6-7,10,13,16,18-19H,8-9,11H2,1-5H3. The van der Waals surface area contributed by atoms with Crippen molar-refractivity contribution in [2.24, 2.45) is 5.92 Å². The van der Waals surface area contributed by atoms with E-state index in [2.05, 4.69) is 63.6 Å². The van der Waals surface area contributed by atoms with Gasteiger partial charge in [-0.05, 0) is 61.5 Å². The van der Waals surface area contributed by atoms with Crippen molar-refractivity contribution in [3.63, 3.8) is 0 Å². The molecule has 2 heteroatoms. The zero-order valence-corrected chi connectivity index (χ0v) is 13.0. The Morgan fingerprint density at radius 2 is 2.05 bits per heavy atom. The molecule has 0 saturated carbocycles. The van der Waals surface area contributed by atoms with Gasteiger partial charge in [0.15, 0.2) is 0 Å². The normalized spacial score (nSPS) is 21.6. The molecule has 2 atom stereocenters. The monoisotopic (exact) mass is 260 g/mol. The average molecular weight is 260 g/mol. The van der Waals surface area contributed by atoms with Crippen LogP contribution in [0.1, 0.15) is 49.9 Å². The van der Waals surface area contributed by atoms with E-state index in [1.165, 1.54) is 23.1 Å². The first-order valence-electron chi connectivity index (χ1n) is 7.42. The maximum Gasteiger partial charge on any atom is 0.0361 e. The van der Waals surface area contributed by atoms with E-state index in [0.29, 0.717) is 12.0 Å². The molecule has 1 aliphatic rings. The Balaban J connectivity index is 2.35. The highest BCUT2D eigenvalue weighted by atomic mass is 15.0. The highest BCUT2D eigenvalue weighted by Crippen LogP contribution is 2.32. The maximum absolute atomic E-state index is 3.54. The zero-order chi connectivity index (χ0) is 14.0. The van der Waals surface area contributed by atoms with E-state index >= 15 is 0 Å². The van der Waals surface area contributed by atoms with Crippen LogP contribution in [0.15, 0.2) is 18.2 Å². The average Bonchev–Trinajstić information content (AvgIpc) is 2.84. The molecule has 0 aliphatic carbocycles. The first-order chi connectivity index (χ1) is 8.93. The molecule has 1 aliphatic heterocycles. The van der Waals surface area contributed by atoms with Gasteiger partial charge < -0.3 is 10.6 Å². The minimum Gasteiger partial charge on any atom is -0.316 e. The molecule has 106 valence electrons. The van der Waals surface area contributed by atoms with Gasteiger partial charge in [-0.3, -0.25) is 0 Å². The molecule has 1 aromatic carbocycles. The van der Waals surface area contributed by atoms with Crippen LogP contribution in [0.3, 0.4) is 0 Å². The number of rotatable bonds is 3. The summed E-state index contributed by atoms with van der Waals surface area (Å²) < 4.78 is 0. The first kappa shape index (κ1) is 14.5. The lowest BCUT2D eigenvalue weighted by Gasteiger charge is -2.27. The Bertz CT molecular complexity index is 425. The molecule has 1 aromatic rings. The lowest BCUT2D eigenvalue weighted by Crippen LogP contribution is -2.28. The summed E-state index contributed by atoms with van der Waals surface area (Å²) in [5.41, 5.74) is 4.52. The lowest BCUT2D eigenvalue weighted by atomic mass is 9.82. The van der Waals surface area contributed by atoms with Gasteiger partial charge in [-0.15, -0.1) is 0 Å². The number of nitrogens with one attached hydrogen (secondary N) is 2. The maximum atomic E-state index is 3.54. The first-order valence-corrected chi connectivity index (χ1v) is 7.42. The molecule has 19 heavy (non-hydrogen) atoms. The number of hydrogen-bond donors (Lipinski definition) is 2. The predicted molar refractivity (Wildman–Crippen MR) is 82.7 cm³/mol. The van der Waals surface area contributed by atoms with Gasteiger partial charge in [-0.25, -0.2) is 0 Å². The summed E-state index contributed by atoms with van der Waals surface area (Å²) >= 11 is 0. The summed E-state index contributed by atoms with van der Waals surface area (Å²) in [6.45, 7) is 11.4. The van der Waals surface area contributed by atoms with Crippen molar-refractivity contribution in [3.8, 4) is 0 Å². The summed E-state index contributed by atoms with van der Waals surface area (Å²) in [7, 11) is 2.09. The number of benzene rings is 1. The van der Waals surface area contributed by atoms with E-state index < -0.39 is 0 Å². The van der Waals surface area contributed by atoms with E-state index in [1.807, 2.05) is 0 Å². The molecule has 0 radical (unpaired) electrons. The third-order valence-corrected chi connectivity index (χ3v) is 4.36. The Kier molecular flexibility index (Phi) is 4.32. The van der Waals surface area contributed by atoms with Gasteiger partial charge in [0.2, 0.25) is 0 Å². The van der Waals surface area contributed by atoms with Crippen LogP contribution in [-0.4, -0.2) is 20.1 Å². The molecule has 2 nitrogen and oxygen atoms in total. The van der Waals surface area contributed by atoms with Crippen LogP contribution >= 0.6 is 0 Å². The second-order valence-corrected chi connectivity index (χ2v) is 6.84. The van der Waals surface area contributed by atoms with Crippen molar-refractivity contribution < 1.29 is 0 Å². The van der Waals surface area contributed by atoms with Gasteiger partial charge in [-0.1, -0.05) is 39.0 Å². The third kappa shape index (κ3) is 3.18. The van der Waals surface area contributed by atoms with Crippen LogP contribution in [0.25, 0.3) is 0 Å². The largest absolute Gasteiger partial charge is 0.316 e. The van der Waals surface area contributed by atoms with Crippen molar-refractivity contribution in [2.45, 2.75) is 45.6 Å². The molecule has 0 spiro atoms. The molecule has 2 rings (SSSR count). The van der Waals surface area contributed by atoms with Crippen LogP contribution in [0, 0.1) is 12.8 Å².